The molecular weight excluding hydrogens is 483 g/mol. The Hall–Kier alpha value is -3.71. The highest BCUT2D eigenvalue weighted by Gasteiger charge is 2.34. The highest BCUT2D eigenvalue weighted by molar-refractivity contribution is 5.72. The molecule has 0 amide bonds. The third-order valence-corrected chi connectivity index (χ3v) is 5.52. The summed E-state index contributed by atoms with van der Waals surface area (Å²) in [6.45, 7) is 1.64. The summed E-state index contributed by atoms with van der Waals surface area (Å²) >= 11 is 0. The van der Waals surface area contributed by atoms with Gasteiger partial charge in [0.15, 0.2) is 11.2 Å². The number of allylic oxidation sites excluding steroid dienone is 2. The average molecular weight is 507 g/mol. The second-order valence-corrected chi connectivity index (χ2v) is 8.22. The van der Waals surface area contributed by atoms with Crippen LogP contribution in [0.5, 0.6) is 6.01 Å². The molecule has 0 spiro atoms. The molecule has 0 aliphatic heterocycles. The van der Waals surface area contributed by atoms with Gasteiger partial charge in [-0.05, 0) is 31.6 Å². The maximum atomic E-state index is 13.4. The van der Waals surface area contributed by atoms with Crippen LogP contribution in [0.1, 0.15) is 24.2 Å². The summed E-state index contributed by atoms with van der Waals surface area (Å²) in [4.78, 5) is 35.0. The van der Waals surface area contributed by atoms with Crippen molar-refractivity contribution in [2.45, 2.75) is 45.3 Å². The molecule has 13 heteroatoms. The van der Waals surface area contributed by atoms with Crippen molar-refractivity contribution in [1.29, 1.82) is 0 Å². The molecule has 1 N–H and O–H groups in total. The zero-order valence-corrected chi connectivity index (χ0v) is 19.5. The van der Waals surface area contributed by atoms with E-state index in [-0.39, 0.29) is 55.5 Å². The first-order valence-electron chi connectivity index (χ1n) is 11.1. The molecule has 0 bridgehead atoms. The number of fused-ring (bicyclic) bond motifs is 1. The molecule has 0 saturated heterocycles. The first kappa shape index (κ1) is 25.4. The van der Waals surface area contributed by atoms with Crippen molar-refractivity contribution in [3.8, 4) is 6.01 Å². The smallest absolute Gasteiger partial charge is 0.430 e. The number of hydrogen-bond donors (Lipinski definition) is 1. The number of aliphatic hydroxyl groups is 1. The van der Waals surface area contributed by atoms with Gasteiger partial charge in [-0.2, -0.15) is 4.98 Å². The minimum absolute atomic E-state index is 0.00553. The summed E-state index contributed by atoms with van der Waals surface area (Å²) in [7, 11) is 1.45. The molecule has 3 heterocycles. The first-order chi connectivity index (χ1) is 17.1. The monoisotopic (exact) mass is 507 g/mol. The van der Waals surface area contributed by atoms with Crippen LogP contribution in [0.2, 0.25) is 0 Å². The van der Waals surface area contributed by atoms with Crippen LogP contribution < -0.4 is 16.0 Å². The number of rotatable bonds is 8. The third kappa shape index (κ3) is 5.41. The van der Waals surface area contributed by atoms with Crippen LogP contribution in [0.25, 0.3) is 11.2 Å². The number of ether oxygens (including phenoxy) is 2. The van der Waals surface area contributed by atoms with Crippen LogP contribution in [0, 0.1) is 6.92 Å². The zero-order valence-electron chi connectivity index (χ0n) is 19.5. The SMILES string of the molecule is Cc1cccc(Cn2c(OC3=CC=CC(OC(F)(F)F)C3)nc3c2c(=O)n(CCCO)c(=O)n3C)n1. The molecule has 1 aliphatic carbocycles. The average Bonchev–Trinajstić information content (AvgIpc) is 3.15. The van der Waals surface area contributed by atoms with E-state index in [1.54, 1.807) is 25.1 Å². The minimum atomic E-state index is -4.82. The van der Waals surface area contributed by atoms with Crippen molar-refractivity contribution in [2.75, 3.05) is 6.61 Å². The molecular formula is C23H24F3N5O5. The Kier molecular flexibility index (Phi) is 7.13. The van der Waals surface area contributed by atoms with Crippen LogP contribution >= 0.6 is 0 Å². The maximum Gasteiger partial charge on any atom is 0.523 e. The summed E-state index contributed by atoms with van der Waals surface area (Å²) in [5.74, 6) is 0.131. The number of aliphatic hydroxyl groups excluding tert-OH is 1. The van der Waals surface area contributed by atoms with Crippen molar-refractivity contribution < 1.29 is 27.8 Å². The minimum Gasteiger partial charge on any atom is -0.430 e. The van der Waals surface area contributed by atoms with E-state index in [0.29, 0.717) is 5.69 Å². The summed E-state index contributed by atoms with van der Waals surface area (Å²) in [6.07, 6.45) is -2.03. The van der Waals surface area contributed by atoms with Gasteiger partial charge in [-0.15, -0.1) is 13.2 Å². The lowest BCUT2D eigenvalue weighted by atomic mass is 10.1. The molecule has 3 aromatic rings. The Morgan fingerprint density at radius 2 is 1.97 bits per heavy atom. The van der Waals surface area contributed by atoms with Crippen LogP contribution in [-0.4, -0.2) is 47.8 Å². The number of alkyl halides is 3. The lowest BCUT2D eigenvalue weighted by Gasteiger charge is -2.20. The fraction of sp³-hybridized carbons (Fsp3) is 0.391. The van der Waals surface area contributed by atoms with Gasteiger partial charge in [-0.3, -0.25) is 28.2 Å². The number of pyridine rings is 1. The normalized spacial score (nSPS) is 15.9. The molecule has 3 aromatic heterocycles. The number of hydrogen-bond acceptors (Lipinski definition) is 7. The van der Waals surface area contributed by atoms with Gasteiger partial charge in [0.2, 0.25) is 0 Å². The summed E-state index contributed by atoms with van der Waals surface area (Å²) in [5.41, 5.74) is 0.160. The second-order valence-electron chi connectivity index (χ2n) is 8.22. The standard InChI is InChI=1S/C23H24F3N5O5/c1-14-6-3-7-15(27-14)13-31-18-19(29(2)22(34)30(20(18)33)10-5-11-32)28-21(31)35-16-8-4-9-17(12-16)36-23(24,25)26/h3-4,6-9,17,32H,5,10-13H2,1-2H3. The molecule has 0 aromatic carbocycles. The molecule has 1 atom stereocenters. The van der Waals surface area contributed by atoms with Crippen LogP contribution in [0.3, 0.4) is 0 Å². The Bertz CT molecular complexity index is 1450. The second kappa shape index (κ2) is 10.1. The molecule has 0 radical (unpaired) electrons. The van der Waals surface area contributed by atoms with E-state index in [1.165, 1.54) is 34.4 Å². The van der Waals surface area contributed by atoms with Crippen molar-refractivity contribution in [2.24, 2.45) is 7.05 Å². The highest BCUT2D eigenvalue weighted by Crippen LogP contribution is 2.28. The lowest BCUT2D eigenvalue weighted by Crippen LogP contribution is -2.40. The van der Waals surface area contributed by atoms with Crippen molar-refractivity contribution in [3.05, 3.63) is 74.4 Å². The van der Waals surface area contributed by atoms with Gasteiger partial charge in [0.25, 0.3) is 5.56 Å². The van der Waals surface area contributed by atoms with Gasteiger partial charge in [-0.25, -0.2) is 4.79 Å². The van der Waals surface area contributed by atoms with Gasteiger partial charge in [-0.1, -0.05) is 18.2 Å². The third-order valence-electron chi connectivity index (χ3n) is 5.52. The molecule has 192 valence electrons. The van der Waals surface area contributed by atoms with E-state index >= 15 is 0 Å². The molecule has 0 saturated carbocycles. The predicted octanol–water partition coefficient (Wildman–Crippen LogP) is 2.16. The van der Waals surface area contributed by atoms with Gasteiger partial charge in [0.05, 0.1) is 18.3 Å². The molecule has 10 nitrogen and oxygen atoms in total. The van der Waals surface area contributed by atoms with Gasteiger partial charge in [0.1, 0.15) is 5.76 Å². The van der Waals surface area contributed by atoms with E-state index in [0.717, 1.165) is 10.3 Å². The number of nitrogens with zero attached hydrogens (tertiary/aromatic N) is 5. The molecule has 36 heavy (non-hydrogen) atoms. The molecule has 1 aliphatic rings. The largest absolute Gasteiger partial charge is 0.523 e. The first-order valence-corrected chi connectivity index (χ1v) is 11.1. The molecule has 4 rings (SSSR count). The lowest BCUT2D eigenvalue weighted by molar-refractivity contribution is -0.336. The molecule has 0 fully saturated rings. The van der Waals surface area contributed by atoms with Crippen LogP contribution in [0.15, 0.2) is 51.8 Å². The topological polar surface area (TPSA) is 113 Å². The van der Waals surface area contributed by atoms with Gasteiger partial charge >= 0.3 is 18.1 Å². The summed E-state index contributed by atoms with van der Waals surface area (Å²) < 4.78 is 51.7. The Balaban J connectivity index is 1.81. The molecule has 1 unspecified atom stereocenters. The number of aryl methyl sites for hydroxylation is 2. The van der Waals surface area contributed by atoms with E-state index in [2.05, 4.69) is 14.7 Å². The van der Waals surface area contributed by atoms with E-state index in [9.17, 15) is 27.9 Å². The summed E-state index contributed by atoms with van der Waals surface area (Å²) in [6, 6.07) is 5.25. The van der Waals surface area contributed by atoms with Gasteiger partial charge < -0.3 is 9.84 Å². The van der Waals surface area contributed by atoms with Crippen molar-refractivity contribution >= 4 is 11.2 Å². The Morgan fingerprint density at radius 1 is 1.19 bits per heavy atom. The number of aromatic nitrogens is 5. The van der Waals surface area contributed by atoms with Crippen LogP contribution in [-0.2, 0) is 24.9 Å². The van der Waals surface area contributed by atoms with E-state index in [1.807, 2.05) is 0 Å². The van der Waals surface area contributed by atoms with E-state index < -0.39 is 23.7 Å². The fourth-order valence-electron chi connectivity index (χ4n) is 3.92. The number of imidazole rings is 1. The Morgan fingerprint density at radius 3 is 2.67 bits per heavy atom. The predicted molar refractivity (Wildman–Crippen MR) is 122 cm³/mol. The maximum absolute atomic E-state index is 13.4. The van der Waals surface area contributed by atoms with Crippen molar-refractivity contribution in [3.63, 3.8) is 0 Å². The summed E-state index contributed by atoms with van der Waals surface area (Å²) in [5, 5.41) is 9.18. The zero-order chi connectivity index (χ0) is 26.0. The van der Waals surface area contributed by atoms with Crippen molar-refractivity contribution in [1.82, 2.24) is 23.7 Å². The van der Waals surface area contributed by atoms with Gasteiger partial charge in [0, 0.05) is 32.3 Å². The highest BCUT2D eigenvalue weighted by atomic mass is 19.4. The fourth-order valence-corrected chi connectivity index (χ4v) is 3.92. The number of halogens is 3. The van der Waals surface area contributed by atoms with Crippen LogP contribution in [0.4, 0.5) is 13.2 Å². The van der Waals surface area contributed by atoms with E-state index in [4.69, 9.17) is 4.74 Å². The Labute approximate surface area is 202 Å². The quantitative estimate of drug-likeness (QED) is 0.497.